The zero-order valence-electron chi connectivity index (χ0n) is 16.5. The van der Waals surface area contributed by atoms with Crippen molar-refractivity contribution >= 4 is 22.6 Å². The molecule has 0 aliphatic carbocycles. The summed E-state index contributed by atoms with van der Waals surface area (Å²) in [7, 11) is 0. The van der Waals surface area contributed by atoms with Crippen molar-refractivity contribution < 1.29 is 0 Å². The molecule has 0 fully saturated rings. The Labute approximate surface area is 176 Å². The number of halogens is 1. The van der Waals surface area contributed by atoms with Crippen molar-refractivity contribution in [2.75, 3.05) is 0 Å². The minimum atomic E-state index is -0.301. The van der Waals surface area contributed by atoms with Crippen molar-refractivity contribution in [3.63, 3.8) is 0 Å². The molecule has 4 rings (SSSR count). The van der Waals surface area contributed by atoms with Crippen molar-refractivity contribution in [2.24, 2.45) is 0 Å². The maximum Gasteiger partial charge on any atom is 0.269 e. The summed E-state index contributed by atoms with van der Waals surface area (Å²) in [6.07, 6.45) is 4.78. The Kier molecular flexibility index (Phi) is 4.76. The molecule has 0 aromatic carbocycles. The van der Waals surface area contributed by atoms with Crippen LogP contribution in [0.5, 0.6) is 0 Å². The van der Waals surface area contributed by atoms with Crippen molar-refractivity contribution in [3.05, 3.63) is 73.6 Å². The first kappa shape index (κ1) is 19.6. The molecule has 30 heavy (non-hydrogen) atoms. The van der Waals surface area contributed by atoms with Crippen molar-refractivity contribution in [1.29, 1.82) is 5.26 Å². The molecule has 4 heterocycles. The Hall–Kier alpha value is -3.70. The highest BCUT2D eigenvalue weighted by Crippen LogP contribution is 2.29. The monoisotopic (exact) mass is 420 g/mol. The molecule has 9 heteroatoms. The average molecular weight is 421 g/mol. The topological polar surface area (TPSA) is 109 Å². The highest BCUT2D eigenvalue weighted by molar-refractivity contribution is 6.30. The molecule has 0 aliphatic heterocycles. The van der Waals surface area contributed by atoms with Gasteiger partial charge in [0, 0.05) is 35.6 Å². The van der Waals surface area contributed by atoms with Gasteiger partial charge in [0.15, 0.2) is 11.2 Å². The second-order valence-corrected chi connectivity index (χ2v) is 7.57. The molecule has 0 saturated heterocycles. The van der Waals surface area contributed by atoms with E-state index in [4.69, 9.17) is 11.6 Å². The van der Waals surface area contributed by atoms with Crippen LogP contribution in [0.4, 0.5) is 0 Å². The molecule has 4 aromatic rings. The Morgan fingerprint density at radius 2 is 2.00 bits per heavy atom. The smallest absolute Gasteiger partial charge is 0.269 e. The Morgan fingerprint density at radius 1 is 1.23 bits per heavy atom. The first-order chi connectivity index (χ1) is 14.3. The van der Waals surface area contributed by atoms with Crippen molar-refractivity contribution in [1.82, 2.24) is 24.3 Å². The van der Waals surface area contributed by atoms with E-state index in [1.54, 1.807) is 31.5 Å². The third-order valence-corrected chi connectivity index (χ3v) is 5.10. The van der Waals surface area contributed by atoms with Gasteiger partial charge in [-0.05, 0) is 32.9 Å². The highest BCUT2D eigenvalue weighted by Gasteiger charge is 2.18. The lowest BCUT2D eigenvalue weighted by molar-refractivity contribution is 0.579. The van der Waals surface area contributed by atoms with Gasteiger partial charge in [-0.3, -0.25) is 9.59 Å². The van der Waals surface area contributed by atoms with Crippen LogP contribution in [0.25, 0.3) is 28.0 Å². The van der Waals surface area contributed by atoms with Gasteiger partial charge in [-0.25, -0.2) is 9.67 Å². The maximum absolute atomic E-state index is 12.4. The average Bonchev–Trinajstić information content (AvgIpc) is 3.09. The molecule has 4 aromatic heterocycles. The summed E-state index contributed by atoms with van der Waals surface area (Å²) in [5.74, 6) is 0.402. The van der Waals surface area contributed by atoms with Gasteiger partial charge in [0.2, 0.25) is 0 Å². The number of rotatable bonds is 3. The molecular weight excluding hydrogens is 404 g/mol. The number of pyridine rings is 3. The van der Waals surface area contributed by atoms with E-state index in [-0.39, 0.29) is 22.1 Å². The summed E-state index contributed by atoms with van der Waals surface area (Å²) in [5, 5.41) is 14.2. The summed E-state index contributed by atoms with van der Waals surface area (Å²) in [6, 6.07) is 6.64. The minimum Gasteiger partial charge on any atom is -0.346 e. The van der Waals surface area contributed by atoms with Crippen LogP contribution in [0.1, 0.15) is 31.1 Å². The van der Waals surface area contributed by atoms with Crippen LogP contribution in [0.3, 0.4) is 0 Å². The third-order valence-electron chi connectivity index (χ3n) is 4.83. The minimum absolute atomic E-state index is 0.0589. The van der Waals surface area contributed by atoms with Crippen LogP contribution in [0, 0.1) is 18.3 Å². The molecule has 0 radical (unpaired) electrons. The fourth-order valence-electron chi connectivity index (χ4n) is 3.25. The van der Waals surface area contributed by atoms with E-state index in [9.17, 15) is 14.9 Å². The van der Waals surface area contributed by atoms with Gasteiger partial charge in [0.1, 0.15) is 16.7 Å². The standard InChI is InChI=1S/C21H17ClN6O2/c1-11(2)27-9-13(6-17(22)21(27)30)15-7-16-18(29)4-5-24-19(16)25-20(15)28-10-14(8-23)12(3)26-28/h4-7,9-11H,1-3H3,(H,24,25,29). The van der Waals surface area contributed by atoms with Crippen LogP contribution < -0.4 is 11.0 Å². The Balaban J connectivity index is 2.10. The fourth-order valence-corrected chi connectivity index (χ4v) is 3.47. The number of nitrogens with zero attached hydrogens (tertiary/aromatic N) is 5. The van der Waals surface area contributed by atoms with Gasteiger partial charge in [-0.15, -0.1) is 0 Å². The van der Waals surface area contributed by atoms with Crippen molar-refractivity contribution in [3.8, 4) is 23.0 Å². The summed E-state index contributed by atoms with van der Waals surface area (Å²) < 4.78 is 3.02. The SMILES string of the molecule is Cc1nn(-c2nc3[nH]ccc(=O)c3cc2-c2cc(Cl)c(=O)n(C(C)C)c2)cc1C#N. The number of hydrogen-bond donors (Lipinski definition) is 1. The van der Waals surface area contributed by atoms with Crippen LogP contribution in [-0.2, 0) is 0 Å². The predicted octanol–water partition coefficient (Wildman–Crippen LogP) is 3.35. The van der Waals surface area contributed by atoms with Gasteiger partial charge < -0.3 is 9.55 Å². The molecule has 0 saturated carbocycles. The Morgan fingerprint density at radius 3 is 2.67 bits per heavy atom. The molecular formula is C21H17ClN6O2. The van der Waals surface area contributed by atoms with Crippen LogP contribution >= 0.6 is 11.6 Å². The number of aryl methyl sites for hydroxylation is 1. The number of nitriles is 1. The second-order valence-electron chi connectivity index (χ2n) is 7.17. The van der Waals surface area contributed by atoms with E-state index in [2.05, 4.69) is 21.1 Å². The Bertz CT molecular complexity index is 1460. The van der Waals surface area contributed by atoms with E-state index in [0.717, 1.165) is 0 Å². The first-order valence-electron chi connectivity index (χ1n) is 9.21. The quantitative estimate of drug-likeness (QED) is 0.546. The molecule has 0 amide bonds. The van der Waals surface area contributed by atoms with Crippen LogP contribution in [-0.4, -0.2) is 24.3 Å². The van der Waals surface area contributed by atoms with Gasteiger partial charge in [-0.1, -0.05) is 11.6 Å². The van der Waals surface area contributed by atoms with E-state index in [0.29, 0.717) is 39.2 Å². The van der Waals surface area contributed by atoms with Crippen LogP contribution in [0.15, 0.2) is 46.4 Å². The normalized spacial score (nSPS) is 11.2. The van der Waals surface area contributed by atoms with E-state index >= 15 is 0 Å². The molecule has 0 atom stereocenters. The van der Waals surface area contributed by atoms with Gasteiger partial charge in [0.25, 0.3) is 5.56 Å². The van der Waals surface area contributed by atoms with Gasteiger partial charge in [-0.2, -0.15) is 10.4 Å². The lowest BCUT2D eigenvalue weighted by Crippen LogP contribution is -2.22. The molecule has 1 N–H and O–H groups in total. The van der Waals surface area contributed by atoms with E-state index in [1.165, 1.54) is 21.5 Å². The molecule has 0 spiro atoms. The number of aromatic amines is 1. The largest absolute Gasteiger partial charge is 0.346 e. The van der Waals surface area contributed by atoms with E-state index in [1.807, 2.05) is 13.8 Å². The molecule has 8 nitrogen and oxygen atoms in total. The zero-order chi connectivity index (χ0) is 21.6. The summed E-state index contributed by atoms with van der Waals surface area (Å²) >= 11 is 6.23. The van der Waals surface area contributed by atoms with Crippen LogP contribution in [0.2, 0.25) is 5.02 Å². The maximum atomic E-state index is 12.4. The number of H-pyrrole nitrogens is 1. The highest BCUT2D eigenvalue weighted by atomic mass is 35.5. The number of aromatic nitrogens is 5. The van der Waals surface area contributed by atoms with Crippen molar-refractivity contribution in [2.45, 2.75) is 26.8 Å². The lowest BCUT2D eigenvalue weighted by Gasteiger charge is -2.15. The van der Waals surface area contributed by atoms with Gasteiger partial charge >= 0.3 is 0 Å². The van der Waals surface area contributed by atoms with E-state index < -0.39 is 0 Å². The molecule has 0 aliphatic rings. The number of nitrogens with one attached hydrogen (secondary N) is 1. The third kappa shape index (κ3) is 3.19. The summed E-state index contributed by atoms with van der Waals surface area (Å²) in [6.45, 7) is 5.48. The first-order valence-corrected chi connectivity index (χ1v) is 9.59. The molecule has 150 valence electrons. The zero-order valence-corrected chi connectivity index (χ0v) is 17.2. The number of hydrogen-bond acceptors (Lipinski definition) is 5. The molecule has 0 bridgehead atoms. The fraction of sp³-hybridized carbons (Fsp3) is 0.190. The molecule has 0 unspecified atom stereocenters. The summed E-state index contributed by atoms with van der Waals surface area (Å²) in [5.41, 5.74) is 2.02. The summed E-state index contributed by atoms with van der Waals surface area (Å²) in [4.78, 5) is 32.4. The predicted molar refractivity (Wildman–Crippen MR) is 114 cm³/mol. The number of fused-ring (bicyclic) bond motifs is 1. The van der Waals surface area contributed by atoms with Gasteiger partial charge in [0.05, 0.1) is 22.8 Å². The second kappa shape index (κ2) is 7.28. The lowest BCUT2D eigenvalue weighted by atomic mass is 10.1.